The van der Waals surface area contributed by atoms with Crippen molar-refractivity contribution in [2.45, 2.75) is 19.6 Å². The minimum Gasteiger partial charge on any atom is -0.461 e. The van der Waals surface area contributed by atoms with Gasteiger partial charge in [0.1, 0.15) is 13.2 Å². The summed E-state index contributed by atoms with van der Waals surface area (Å²) in [6, 6.07) is 19.3. The van der Waals surface area contributed by atoms with Crippen molar-refractivity contribution in [2.24, 2.45) is 0 Å². The van der Waals surface area contributed by atoms with Crippen LogP contribution in [0.5, 0.6) is 0 Å². The number of nitrogens with one attached hydrogen (secondary N) is 1. The van der Waals surface area contributed by atoms with Gasteiger partial charge >= 0.3 is 5.97 Å². The summed E-state index contributed by atoms with van der Waals surface area (Å²) in [5, 5.41) is 13.5. The Bertz CT molecular complexity index is 1050. The molecule has 0 radical (unpaired) electrons. The van der Waals surface area contributed by atoms with E-state index in [4.69, 9.17) is 27.9 Å². The highest BCUT2D eigenvalue weighted by Crippen LogP contribution is 2.33. The topological polar surface area (TPSA) is 90.7 Å². The predicted molar refractivity (Wildman–Crippen MR) is 118 cm³/mol. The van der Waals surface area contributed by atoms with E-state index in [0.717, 1.165) is 11.1 Å². The SMILES string of the molecule is O=C(Cc1ccccc1Nc1c(Cl)cccc1Cl)OCc1ccc(CO[N+](=O)[O-])cc1. The lowest BCUT2D eigenvalue weighted by Crippen LogP contribution is -2.09. The summed E-state index contributed by atoms with van der Waals surface area (Å²) in [6.45, 7) is -0.0482. The summed E-state index contributed by atoms with van der Waals surface area (Å²) < 4.78 is 5.36. The number of esters is 1. The molecule has 0 aliphatic rings. The number of benzene rings is 3. The summed E-state index contributed by atoms with van der Waals surface area (Å²) >= 11 is 12.4. The molecule has 1 N–H and O–H groups in total. The van der Waals surface area contributed by atoms with Gasteiger partial charge in [0.25, 0.3) is 5.09 Å². The first kappa shape index (κ1) is 22.4. The average Bonchev–Trinajstić information content (AvgIpc) is 2.75. The van der Waals surface area contributed by atoms with E-state index >= 15 is 0 Å². The Morgan fingerprint density at radius 2 is 1.52 bits per heavy atom. The number of carbonyl (C=O) groups is 1. The number of carbonyl (C=O) groups excluding carboxylic acids is 1. The van der Waals surface area contributed by atoms with Crippen LogP contribution < -0.4 is 5.32 Å². The third kappa shape index (κ3) is 6.60. The van der Waals surface area contributed by atoms with Crippen LogP contribution in [-0.4, -0.2) is 11.1 Å². The number of anilines is 2. The average molecular weight is 461 g/mol. The normalized spacial score (nSPS) is 10.4. The molecule has 0 heterocycles. The van der Waals surface area contributed by atoms with Crippen LogP contribution in [0, 0.1) is 10.1 Å². The molecule has 0 aromatic heterocycles. The van der Waals surface area contributed by atoms with Crippen LogP contribution in [0.25, 0.3) is 0 Å². The first-order valence-corrected chi connectivity index (χ1v) is 9.97. The van der Waals surface area contributed by atoms with Crippen LogP contribution in [0.1, 0.15) is 16.7 Å². The zero-order chi connectivity index (χ0) is 22.2. The summed E-state index contributed by atoms with van der Waals surface area (Å²) in [4.78, 5) is 26.9. The largest absolute Gasteiger partial charge is 0.461 e. The second kappa shape index (κ2) is 10.7. The molecule has 0 spiro atoms. The molecular weight excluding hydrogens is 443 g/mol. The lowest BCUT2D eigenvalue weighted by atomic mass is 10.1. The van der Waals surface area contributed by atoms with Crippen molar-refractivity contribution in [3.63, 3.8) is 0 Å². The molecule has 160 valence electrons. The van der Waals surface area contributed by atoms with Gasteiger partial charge in [-0.15, -0.1) is 10.1 Å². The van der Waals surface area contributed by atoms with E-state index in [2.05, 4.69) is 10.2 Å². The molecule has 0 saturated carbocycles. The van der Waals surface area contributed by atoms with Crippen molar-refractivity contribution in [2.75, 3.05) is 5.32 Å². The standard InChI is InChI=1S/C22H18Cl2N2O5/c23-18-5-3-6-19(24)22(18)25-20-7-2-1-4-17(20)12-21(27)30-13-15-8-10-16(11-9-15)14-31-26(28)29/h1-11,25H,12-14H2. The van der Waals surface area contributed by atoms with Crippen LogP contribution in [0.15, 0.2) is 66.7 Å². The molecule has 0 unspecified atom stereocenters. The van der Waals surface area contributed by atoms with E-state index in [1.165, 1.54) is 0 Å². The van der Waals surface area contributed by atoms with Crippen LogP contribution >= 0.6 is 23.2 Å². The summed E-state index contributed by atoms with van der Waals surface area (Å²) in [6.07, 6.45) is 0.0556. The van der Waals surface area contributed by atoms with E-state index in [-0.39, 0.29) is 19.6 Å². The van der Waals surface area contributed by atoms with E-state index < -0.39 is 11.1 Å². The van der Waals surface area contributed by atoms with Gasteiger partial charge in [-0.25, -0.2) is 0 Å². The molecule has 0 bridgehead atoms. The molecule has 31 heavy (non-hydrogen) atoms. The maximum absolute atomic E-state index is 12.4. The first-order valence-electron chi connectivity index (χ1n) is 9.22. The van der Waals surface area contributed by atoms with Gasteiger partial charge in [0.2, 0.25) is 0 Å². The van der Waals surface area contributed by atoms with Crippen molar-refractivity contribution in [1.29, 1.82) is 0 Å². The fourth-order valence-corrected chi connectivity index (χ4v) is 3.27. The number of rotatable bonds is 9. The molecule has 0 saturated heterocycles. The molecular formula is C22H18Cl2N2O5. The van der Waals surface area contributed by atoms with Crippen molar-refractivity contribution in [3.8, 4) is 0 Å². The summed E-state index contributed by atoms with van der Waals surface area (Å²) in [7, 11) is 0. The van der Waals surface area contributed by atoms with Gasteiger partial charge in [0.15, 0.2) is 0 Å². The van der Waals surface area contributed by atoms with Crippen molar-refractivity contribution in [3.05, 3.63) is 104 Å². The molecule has 3 aromatic carbocycles. The second-order valence-corrected chi connectivity index (χ2v) is 7.34. The van der Waals surface area contributed by atoms with Crippen LogP contribution in [0.3, 0.4) is 0 Å². The maximum atomic E-state index is 12.4. The smallest absolute Gasteiger partial charge is 0.310 e. The van der Waals surface area contributed by atoms with Gasteiger partial charge < -0.3 is 14.9 Å². The highest BCUT2D eigenvalue weighted by atomic mass is 35.5. The van der Waals surface area contributed by atoms with Gasteiger partial charge in [-0.3, -0.25) is 4.79 Å². The van der Waals surface area contributed by atoms with Crippen LogP contribution in [-0.2, 0) is 34.0 Å². The maximum Gasteiger partial charge on any atom is 0.310 e. The van der Waals surface area contributed by atoms with Gasteiger partial charge in [-0.1, -0.05) is 71.7 Å². The van der Waals surface area contributed by atoms with Gasteiger partial charge in [-0.05, 0) is 34.9 Å². The Kier molecular flexibility index (Phi) is 7.70. The quantitative estimate of drug-likeness (QED) is 0.249. The van der Waals surface area contributed by atoms with Crippen molar-refractivity contribution in [1.82, 2.24) is 0 Å². The molecule has 3 aromatic rings. The lowest BCUT2D eigenvalue weighted by Gasteiger charge is -2.14. The Balaban J connectivity index is 1.59. The Labute approximate surface area is 188 Å². The molecule has 0 aliphatic carbocycles. The number of nitrogens with zero attached hydrogens (tertiary/aromatic N) is 1. The number of hydrogen-bond donors (Lipinski definition) is 1. The highest BCUT2D eigenvalue weighted by Gasteiger charge is 2.12. The molecule has 0 amide bonds. The highest BCUT2D eigenvalue weighted by molar-refractivity contribution is 6.39. The minimum atomic E-state index is -0.845. The van der Waals surface area contributed by atoms with Gasteiger partial charge in [-0.2, -0.15) is 0 Å². The second-order valence-electron chi connectivity index (χ2n) is 6.53. The molecule has 7 nitrogen and oxygen atoms in total. The third-order valence-electron chi connectivity index (χ3n) is 4.33. The van der Waals surface area contributed by atoms with Gasteiger partial charge in [0, 0.05) is 5.69 Å². The molecule has 0 fully saturated rings. The van der Waals surface area contributed by atoms with E-state index in [9.17, 15) is 14.9 Å². The Morgan fingerprint density at radius 1 is 0.903 bits per heavy atom. The predicted octanol–water partition coefficient (Wildman–Crippen LogP) is 5.73. The minimum absolute atomic E-state index is 0.0556. The van der Waals surface area contributed by atoms with E-state index in [1.807, 2.05) is 24.3 Å². The zero-order valence-electron chi connectivity index (χ0n) is 16.2. The first-order chi connectivity index (χ1) is 14.9. The van der Waals surface area contributed by atoms with E-state index in [1.54, 1.807) is 42.5 Å². The summed E-state index contributed by atoms with van der Waals surface area (Å²) in [5.74, 6) is -0.403. The monoisotopic (exact) mass is 460 g/mol. The van der Waals surface area contributed by atoms with E-state index in [0.29, 0.717) is 27.0 Å². The van der Waals surface area contributed by atoms with Crippen LogP contribution in [0.2, 0.25) is 10.0 Å². The number of ether oxygens (including phenoxy) is 1. The fourth-order valence-electron chi connectivity index (χ4n) is 2.78. The molecule has 9 heteroatoms. The molecule has 0 aliphatic heterocycles. The van der Waals surface area contributed by atoms with Crippen LogP contribution in [0.4, 0.5) is 11.4 Å². The number of hydrogen-bond acceptors (Lipinski definition) is 6. The number of para-hydroxylation sites is 2. The number of halogens is 2. The Morgan fingerprint density at radius 3 is 2.16 bits per heavy atom. The Hall–Kier alpha value is -3.29. The fraction of sp³-hybridized carbons (Fsp3) is 0.136. The lowest BCUT2D eigenvalue weighted by molar-refractivity contribution is -0.763. The summed E-state index contributed by atoms with van der Waals surface area (Å²) in [5.41, 5.74) is 3.39. The molecule has 3 rings (SSSR count). The molecule has 0 atom stereocenters. The van der Waals surface area contributed by atoms with Crippen molar-refractivity contribution >= 4 is 40.5 Å². The third-order valence-corrected chi connectivity index (χ3v) is 4.96. The van der Waals surface area contributed by atoms with Gasteiger partial charge in [0.05, 0.1) is 22.2 Å². The van der Waals surface area contributed by atoms with Crippen molar-refractivity contribution < 1.29 is 19.5 Å². The zero-order valence-corrected chi connectivity index (χ0v) is 17.7.